The van der Waals surface area contributed by atoms with E-state index in [2.05, 4.69) is 9.97 Å². The Balaban J connectivity index is 1.54. The van der Waals surface area contributed by atoms with Gasteiger partial charge in [-0.3, -0.25) is 4.98 Å². The van der Waals surface area contributed by atoms with Gasteiger partial charge in [0.05, 0.1) is 4.90 Å². The van der Waals surface area contributed by atoms with Crippen molar-refractivity contribution in [3.63, 3.8) is 0 Å². The fourth-order valence-electron chi connectivity index (χ4n) is 3.84. The Labute approximate surface area is 175 Å². The first-order chi connectivity index (χ1) is 14.3. The van der Waals surface area contributed by atoms with Crippen LogP contribution in [0.3, 0.4) is 0 Å². The highest BCUT2D eigenvalue weighted by atomic mass is 32.2. The second-order valence-electron chi connectivity index (χ2n) is 7.56. The number of anilines is 1. The molecule has 1 atom stereocenters. The van der Waals surface area contributed by atoms with E-state index in [1.807, 2.05) is 18.2 Å². The zero-order chi connectivity index (χ0) is 21.3. The second kappa shape index (κ2) is 8.12. The molecule has 3 aromatic rings. The highest BCUT2D eigenvalue weighted by Crippen LogP contribution is 2.31. The van der Waals surface area contributed by atoms with Crippen LogP contribution in [0.25, 0.3) is 11.1 Å². The maximum absolute atomic E-state index is 13.4. The lowest BCUT2D eigenvalue weighted by Gasteiger charge is -2.32. The number of nitrogen functional groups attached to an aromatic ring is 1. The third kappa shape index (κ3) is 4.06. The van der Waals surface area contributed by atoms with E-state index >= 15 is 0 Å². The highest BCUT2D eigenvalue weighted by molar-refractivity contribution is 7.89. The lowest BCUT2D eigenvalue weighted by atomic mass is 9.95. The molecule has 0 radical (unpaired) electrons. The molecule has 1 aromatic carbocycles. The first-order valence-corrected chi connectivity index (χ1v) is 11.2. The lowest BCUT2D eigenvalue weighted by Crippen LogP contribution is -2.39. The SMILES string of the molecule is Cc1cc(F)ccc1S(=O)(=O)N1CCC[C@H](c2ccc(-c3ccc(N)nc3)cn2)C1. The summed E-state index contributed by atoms with van der Waals surface area (Å²) in [5, 5.41) is 0. The Kier molecular flexibility index (Phi) is 5.53. The van der Waals surface area contributed by atoms with Crippen LogP contribution < -0.4 is 5.73 Å². The maximum atomic E-state index is 13.4. The fraction of sp³-hybridized carbons (Fsp3) is 0.273. The normalized spacial score (nSPS) is 17.7. The van der Waals surface area contributed by atoms with Crippen LogP contribution in [0.15, 0.2) is 59.8 Å². The molecule has 156 valence electrons. The summed E-state index contributed by atoms with van der Waals surface area (Å²) < 4.78 is 41.2. The number of benzene rings is 1. The molecule has 3 heterocycles. The van der Waals surface area contributed by atoms with Crippen molar-refractivity contribution >= 4 is 15.8 Å². The van der Waals surface area contributed by atoms with Crippen molar-refractivity contribution in [2.45, 2.75) is 30.6 Å². The largest absolute Gasteiger partial charge is 0.384 e. The van der Waals surface area contributed by atoms with Crippen LogP contribution in [0.1, 0.15) is 30.0 Å². The van der Waals surface area contributed by atoms with Crippen LogP contribution >= 0.6 is 0 Å². The number of hydrogen-bond donors (Lipinski definition) is 1. The van der Waals surface area contributed by atoms with Crippen LogP contribution in [0.5, 0.6) is 0 Å². The van der Waals surface area contributed by atoms with Crippen molar-refractivity contribution in [2.75, 3.05) is 18.8 Å². The zero-order valence-corrected chi connectivity index (χ0v) is 17.4. The third-order valence-electron chi connectivity index (χ3n) is 5.46. The number of rotatable bonds is 4. The van der Waals surface area contributed by atoms with Crippen LogP contribution in [0.4, 0.5) is 10.2 Å². The average Bonchev–Trinajstić information content (AvgIpc) is 2.74. The predicted molar refractivity (Wildman–Crippen MR) is 114 cm³/mol. The standard InChI is InChI=1S/C22H23FN4O2S/c1-15-11-19(23)6-8-21(15)30(28,29)27-10-2-3-18(14-27)20-7-4-16(12-25-20)17-5-9-22(24)26-13-17/h4-9,11-13,18H,2-3,10,14H2,1H3,(H2,24,26)/t18-/m0/s1. The van der Waals surface area contributed by atoms with Gasteiger partial charge in [0, 0.05) is 48.2 Å². The van der Waals surface area contributed by atoms with Crippen LogP contribution in [0, 0.1) is 12.7 Å². The molecule has 30 heavy (non-hydrogen) atoms. The molecular weight excluding hydrogens is 403 g/mol. The predicted octanol–water partition coefficient (Wildman–Crippen LogP) is 3.74. The summed E-state index contributed by atoms with van der Waals surface area (Å²) in [6, 6.07) is 11.3. The molecular formula is C22H23FN4O2S. The van der Waals surface area contributed by atoms with Gasteiger partial charge >= 0.3 is 0 Å². The van der Waals surface area contributed by atoms with Crippen molar-refractivity contribution in [1.29, 1.82) is 0 Å². The summed E-state index contributed by atoms with van der Waals surface area (Å²) in [5.74, 6) is 0.0275. The molecule has 1 saturated heterocycles. The van der Waals surface area contributed by atoms with E-state index in [0.717, 1.165) is 29.7 Å². The summed E-state index contributed by atoms with van der Waals surface area (Å²) in [5.41, 5.74) is 8.75. The topological polar surface area (TPSA) is 89.2 Å². The van der Waals surface area contributed by atoms with Gasteiger partial charge in [0.2, 0.25) is 10.0 Å². The average molecular weight is 427 g/mol. The third-order valence-corrected chi connectivity index (χ3v) is 7.49. The van der Waals surface area contributed by atoms with Gasteiger partial charge in [0.25, 0.3) is 0 Å². The lowest BCUT2D eigenvalue weighted by molar-refractivity contribution is 0.312. The number of nitrogens with two attached hydrogens (primary N) is 1. The number of sulfonamides is 1. The number of aromatic nitrogens is 2. The molecule has 1 fully saturated rings. The molecule has 0 aliphatic carbocycles. The monoisotopic (exact) mass is 426 g/mol. The van der Waals surface area contributed by atoms with Crippen molar-refractivity contribution in [3.8, 4) is 11.1 Å². The number of halogens is 1. The summed E-state index contributed by atoms with van der Waals surface area (Å²) in [6.45, 7) is 2.42. The minimum atomic E-state index is -3.69. The van der Waals surface area contributed by atoms with Gasteiger partial charge in [-0.1, -0.05) is 6.07 Å². The minimum absolute atomic E-state index is 0.00729. The zero-order valence-electron chi connectivity index (χ0n) is 16.6. The molecule has 0 bridgehead atoms. The molecule has 0 spiro atoms. The molecule has 2 N–H and O–H groups in total. The van der Waals surface area contributed by atoms with Crippen LogP contribution in [-0.2, 0) is 10.0 Å². The molecule has 1 aliphatic rings. The van der Waals surface area contributed by atoms with E-state index in [-0.39, 0.29) is 10.8 Å². The summed E-state index contributed by atoms with van der Waals surface area (Å²) in [6.07, 6.45) is 5.09. The molecule has 0 amide bonds. The van der Waals surface area contributed by atoms with E-state index in [1.54, 1.807) is 25.4 Å². The molecule has 0 saturated carbocycles. The van der Waals surface area contributed by atoms with Gasteiger partial charge in [-0.15, -0.1) is 0 Å². The number of hydrogen-bond acceptors (Lipinski definition) is 5. The Morgan fingerprint density at radius 3 is 2.43 bits per heavy atom. The molecule has 2 aromatic heterocycles. The van der Waals surface area contributed by atoms with E-state index in [1.165, 1.54) is 22.5 Å². The van der Waals surface area contributed by atoms with E-state index < -0.39 is 15.8 Å². The molecule has 8 heteroatoms. The van der Waals surface area contributed by atoms with Gasteiger partial charge in [0.15, 0.2) is 0 Å². The van der Waals surface area contributed by atoms with Crippen molar-refractivity contribution in [3.05, 3.63) is 71.9 Å². The van der Waals surface area contributed by atoms with E-state index in [4.69, 9.17) is 5.73 Å². The van der Waals surface area contributed by atoms with Gasteiger partial charge in [-0.2, -0.15) is 4.31 Å². The Hall–Kier alpha value is -2.84. The van der Waals surface area contributed by atoms with E-state index in [9.17, 15) is 12.8 Å². The maximum Gasteiger partial charge on any atom is 0.243 e. The van der Waals surface area contributed by atoms with Gasteiger partial charge in [-0.05, 0) is 61.7 Å². The number of pyridine rings is 2. The Morgan fingerprint density at radius 2 is 1.80 bits per heavy atom. The van der Waals surface area contributed by atoms with Gasteiger partial charge in [0.1, 0.15) is 11.6 Å². The summed E-state index contributed by atoms with van der Waals surface area (Å²) in [4.78, 5) is 8.84. The smallest absolute Gasteiger partial charge is 0.243 e. The van der Waals surface area contributed by atoms with Crippen LogP contribution in [0.2, 0.25) is 0 Å². The molecule has 0 unspecified atom stereocenters. The van der Waals surface area contributed by atoms with Crippen molar-refractivity contribution < 1.29 is 12.8 Å². The second-order valence-corrected chi connectivity index (χ2v) is 9.46. The number of nitrogens with zero attached hydrogens (tertiary/aromatic N) is 3. The van der Waals surface area contributed by atoms with E-state index in [0.29, 0.717) is 24.5 Å². The summed E-state index contributed by atoms with van der Waals surface area (Å²) in [7, 11) is -3.69. The highest BCUT2D eigenvalue weighted by Gasteiger charge is 2.32. The van der Waals surface area contributed by atoms with Crippen molar-refractivity contribution in [1.82, 2.24) is 14.3 Å². The first kappa shape index (κ1) is 20.4. The quantitative estimate of drug-likeness (QED) is 0.686. The summed E-state index contributed by atoms with van der Waals surface area (Å²) >= 11 is 0. The number of piperidine rings is 1. The Bertz CT molecular complexity index is 1150. The van der Waals surface area contributed by atoms with Gasteiger partial charge in [-0.25, -0.2) is 17.8 Å². The Morgan fingerprint density at radius 1 is 1.07 bits per heavy atom. The molecule has 6 nitrogen and oxygen atoms in total. The van der Waals surface area contributed by atoms with Gasteiger partial charge < -0.3 is 5.73 Å². The number of aryl methyl sites for hydroxylation is 1. The minimum Gasteiger partial charge on any atom is -0.384 e. The van der Waals surface area contributed by atoms with Crippen LogP contribution in [-0.4, -0.2) is 35.8 Å². The fourth-order valence-corrected chi connectivity index (χ4v) is 5.57. The molecule has 1 aliphatic heterocycles. The molecule has 4 rings (SSSR count). The first-order valence-electron chi connectivity index (χ1n) is 9.79. The van der Waals surface area contributed by atoms with Crippen molar-refractivity contribution in [2.24, 2.45) is 0 Å².